The van der Waals surface area contributed by atoms with E-state index in [0.717, 1.165) is 19.4 Å². The van der Waals surface area contributed by atoms with Crippen LogP contribution in [0.15, 0.2) is 24.3 Å². The zero-order valence-electron chi connectivity index (χ0n) is 11.1. The molecule has 2 fully saturated rings. The number of anilines is 1. The van der Waals surface area contributed by atoms with Gasteiger partial charge >= 0.3 is 10.2 Å². The maximum absolute atomic E-state index is 13.8. The normalized spacial score (nSPS) is 26.9. The third-order valence-corrected chi connectivity index (χ3v) is 5.91. The quantitative estimate of drug-likeness (QED) is 0.884. The van der Waals surface area contributed by atoms with Crippen LogP contribution in [0.4, 0.5) is 10.1 Å². The molecule has 0 radical (unpaired) electrons. The van der Waals surface area contributed by atoms with E-state index >= 15 is 0 Å². The van der Waals surface area contributed by atoms with Gasteiger partial charge in [-0.3, -0.25) is 4.31 Å². The maximum Gasteiger partial charge on any atom is 0.304 e. The predicted molar refractivity (Wildman–Crippen MR) is 75.3 cm³/mol. The summed E-state index contributed by atoms with van der Waals surface area (Å²) in [5.41, 5.74) is 0.138. The van der Waals surface area contributed by atoms with Crippen LogP contribution in [0, 0.1) is 5.82 Å². The summed E-state index contributed by atoms with van der Waals surface area (Å²) in [6, 6.07) is 5.99. The lowest BCUT2D eigenvalue weighted by atomic mass is 10.1. The van der Waals surface area contributed by atoms with E-state index in [1.54, 1.807) is 12.1 Å². The number of hydrogen-bond donors (Lipinski definition) is 1. The summed E-state index contributed by atoms with van der Waals surface area (Å²) in [4.78, 5) is 0. The number of rotatable bonds is 2. The Morgan fingerprint density at radius 1 is 1.25 bits per heavy atom. The average Bonchev–Trinajstić information content (AvgIpc) is 2.76. The van der Waals surface area contributed by atoms with Crippen LogP contribution in [0.1, 0.15) is 12.8 Å². The highest BCUT2D eigenvalue weighted by Gasteiger charge is 2.41. The second kappa shape index (κ2) is 5.31. The molecule has 2 aliphatic heterocycles. The van der Waals surface area contributed by atoms with Crippen LogP contribution < -0.4 is 9.62 Å². The number of nitrogens with zero attached hydrogens (tertiary/aromatic N) is 2. The van der Waals surface area contributed by atoms with Crippen LogP contribution >= 0.6 is 0 Å². The van der Waals surface area contributed by atoms with Crippen LogP contribution in [-0.4, -0.2) is 44.9 Å². The van der Waals surface area contributed by atoms with E-state index in [-0.39, 0.29) is 11.7 Å². The van der Waals surface area contributed by atoms with Gasteiger partial charge in [0.15, 0.2) is 0 Å². The molecular formula is C13H18FN3O2S. The minimum atomic E-state index is -3.62. The molecule has 0 aromatic heterocycles. The van der Waals surface area contributed by atoms with Crippen LogP contribution in [-0.2, 0) is 10.2 Å². The van der Waals surface area contributed by atoms with Crippen LogP contribution in [0.25, 0.3) is 0 Å². The molecule has 1 aromatic carbocycles. The Hall–Kier alpha value is -1.18. The van der Waals surface area contributed by atoms with Crippen molar-refractivity contribution in [2.75, 3.05) is 30.5 Å². The van der Waals surface area contributed by atoms with Gasteiger partial charge in [-0.05, 0) is 31.5 Å². The molecule has 0 amide bonds. The molecule has 110 valence electrons. The van der Waals surface area contributed by atoms with Gasteiger partial charge < -0.3 is 5.32 Å². The van der Waals surface area contributed by atoms with Gasteiger partial charge in [-0.25, -0.2) is 4.39 Å². The molecule has 0 bridgehead atoms. The van der Waals surface area contributed by atoms with E-state index in [9.17, 15) is 12.8 Å². The van der Waals surface area contributed by atoms with Crippen LogP contribution in [0.2, 0.25) is 0 Å². The fourth-order valence-corrected chi connectivity index (χ4v) is 4.73. The predicted octanol–water partition coefficient (Wildman–Crippen LogP) is 0.945. The van der Waals surface area contributed by atoms with E-state index in [1.807, 2.05) is 0 Å². The highest BCUT2D eigenvalue weighted by Crippen LogP contribution is 2.29. The summed E-state index contributed by atoms with van der Waals surface area (Å²) in [5, 5.41) is 3.22. The number of benzene rings is 1. The van der Waals surface area contributed by atoms with Gasteiger partial charge in [0.25, 0.3) is 0 Å². The zero-order valence-corrected chi connectivity index (χ0v) is 11.9. The van der Waals surface area contributed by atoms with Crippen molar-refractivity contribution in [2.24, 2.45) is 0 Å². The number of halogens is 1. The van der Waals surface area contributed by atoms with Crippen molar-refractivity contribution in [2.45, 2.75) is 18.9 Å². The third-order valence-electron chi connectivity index (χ3n) is 3.90. The largest absolute Gasteiger partial charge is 0.315 e. The maximum atomic E-state index is 13.8. The van der Waals surface area contributed by atoms with Crippen molar-refractivity contribution in [1.29, 1.82) is 0 Å². The summed E-state index contributed by atoms with van der Waals surface area (Å²) in [5.74, 6) is -0.500. The second-order valence-corrected chi connectivity index (χ2v) is 6.95. The highest BCUT2D eigenvalue weighted by molar-refractivity contribution is 7.90. The number of piperidine rings is 1. The van der Waals surface area contributed by atoms with Gasteiger partial charge in [0, 0.05) is 25.7 Å². The molecule has 0 spiro atoms. The Labute approximate surface area is 118 Å². The molecule has 0 aliphatic carbocycles. The SMILES string of the molecule is O=S1(=O)N(c2ccccc2F)CCN1C1CCCNC1. The summed E-state index contributed by atoms with van der Waals surface area (Å²) >= 11 is 0. The minimum Gasteiger partial charge on any atom is -0.315 e. The third kappa shape index (κ3) is 2.30. The molecule has 1 aromatic rings. The van der Waals surface area contributed by atoms with Crippen molar-refractivity contribution in [1.82, 2.24) is 9.62 Å². The first kappa shape index (κ1) is 13.8. The molecular weight excluding hydrogens is 281 g/mol. The smallest absolute Gasteiger partial charge is 0.304 e. The first-order valence-corrected chi connectivity index (χ1v) is 8.25. The molecule has 3 rings (SSSR count). The molecule has 2 saturated heterocycles. The monoisotopic (exact) mass is 299 g/mol. The summed E-state index contributed by atoms with van der Waals surface area (Å²) < 4.78 is 41.7. The number of hydrogen-bond acceptors (Lipinski definition) is 3. The average molecular weight is 299 g/mol. The van der Waals surface area contributed by atoms with E-state index in [0.29, 0.717) is 19.6 Å². The van der Waals surface area contributed by atoms with Crippen molar-refractivity contribution in [3.63, 3.8) is 0 Å². The first-order chi connectivity index (χ1) is 9.60. The topological polar surface area (TPSA) is 52.7 Å². The molecule has 2 aliphatic rings. The molecule has 1 atom stereocenters. The van der Waals surface area contributed by atoms with Crippen molar-refractivity contribution in [3.8, 4) is 0 Å². The highest BCUT2D eigenvalue weighted by atomic mass is 32.2. The molecule has 1 unspecified atom stereocenters. The van der Waals surface area contributed by atoms with Gasteiger partial charge in [-0.15, -0.1) is 0 Å². The van der Waals surface area contributed by atoms with Crippen molar-refractivity contribution in [3.05, 3.63) is 30.1 Å². The van der Waals surface area contributed by atoms with Gasteiger partial charge in [0.05, 0.1) is 5.69 Å². The van der Waals surface area contributed by atoms with Gasteiger partial charge in [0.2, 0.25) is 0 Å². The van der Waals surface area contributed by atoms with Crippen LogP contribution in [0.3, 0.4) is 0 Å². The van der Waals surface area contributed by atoms with Crippen molar-refractivity contribution < 1.29 is 12.8 Å². The molecule has 7 heteroatoms. The van der Waals surface area contributed by atoms with Gasteiger partial charge in [-0.1, -0.05) is 12.1 Å². The summed E-state index contributed by atoms with van der Waals surface area (Å²) in [6.07, 6.45) is 1.83. The minimum absolute atomic E-state index is 0.0227. The number of para-hydroxylation sites is 1. The molecule has 1 N–H and O–H groups in total. The lowest BCUT2D eigenvalue weighted by Crippen LogP contribution is -2.48. The van der Waals surface area contributed by atoms with Gasteiger partial charge in [-0.2, -0.15) is 12.7 Å². The summed E-state index contributed by atoms with van der Waals surface area (Å²) in [6.45, 7) is 2.33. The van der Waals surface area contributed by atoms with E-state index < -0.39 is 16.0 Å². The first-order valence-electron chi connectivity index (χ1n) is 6.85. The lowest BCUT2D eigenvalue weighted by molar-refractivity contribution is 0.284. The Balaban J connectivity index is 1.88. The Morgan fingerprint density at radius 2 is 2.05 bits per heavy atom. The fraction of sp³-hybridized carbons (Fsp3) is 0.538. The van der Waals surface area contributed by atoms with E-state index in [1.165, 1.54) is 20.7 Å². The standard InChI is InChI=1S/C13H18FN3O2S/c14-12-5-1-2-6-13(12)17-9-8-16(20(17,18)19)11-4-3-7-15-10-11/h1-2,5-6,11,15H,3-4,7-10H2. The molecule has 2 heterocycles. The summed E-state index contributed by atoms with van der Waals surface area (Å²) in [7, 11) is -3.62. The van der Waals surface area contributed by atoms with E-state index in [4.69, 9.17) is 0 Å². The lowest BCUT2D eigenvalue weighted by Gasteiger charge is -2.30. The Bertz CT molecular complexity index is 587. The number of nitrogens with one attached hydrogen (secondary N) is 1. The van der Waals surface area contributed by atoms with Crippen LogP contribution in [0.5, 0.6) is 0 Å². The zero-order chi connectivity index (χ0) is 14.2. The second-order valence-electron chi connectivity index (χ2n) is 5.14. The van der Waals surface area contributed by atoms with Gasteiger partial charge in [0.1, 0.15) is 5.82 Å². The molecule has 5 nitrogen and oxygen atoms in total. The molecule has 20 heavy (non-hydrogen) atoms. The Morgan fingerprint density at radius 3 is 2.75 bits per heavy atom. The van der Waals surface area contributed by atoms with Crippen molar-refractivity contribution >= 4 is 15.9 Å². The Kier molecular flexibility index (Phi) is 3.66. The van der Waals surface area contributed by atoms with E-state index in [2.05, 4.69) is 5.32 Å². The molecule has 0 saturated carbocycles. The fourth-order valence-electron chi connectivity index (χ4n) is 2.90.